The molecule has 0 aromatic heterocycles. The summed E-state index contributed by atoms with van der Waals surface area (Å²) in [6.45, 7) is 7.56. The number of fused-ring (bicyclic) bond motifs is 1. The van der Waals surface area contributed by atoms with E-state index >= 15 is 0 Å². The van der Waals surface area contributed by atoms with E-state index in [-0.39, 0.29) is 22.5 Å². The van der Waals surface area contributed by atoms with Crippen molar-refractivity contribution in [1.29, 1.82) is 5.41 Å². The summed E-state index contributed by atoms with van der Waals surface area (Å²) in [4.78, 5) is 19.7. The Hall–Kier alpha value is -3.13. The molecule has 3 N–H and O–H groups in total. The van der Waals surface area contributed by atoms with Crippen molar-refractivity contribution in [3.8, 4) is 5.75 Å². The number of ether oxygens (including phenoxy) is 2. The van der Waals surface area contributed by atoms with Crippen molar-refractivity contribution >= 4 is 29.7 Å². The minimum Gasteiger partial charge on any atom is -0.487 e. The van der Waals surface area contributed by atoms with E-state index in [1.54, 1.807) is 18.5 Å². The molecule has 1 aromatic rings. The molecular weight excluding hydrogens is 406 g/mol. The van der Waals surface area contributed by atoms with Gasteiger partial charge in [-0.15, -0.1) is 0 Å². The number of rotatable bonds is 4. The lowest BCUT2D eigenvalue weighted by atomic mass is 9.87. The highest BCUT2D eigenvalue weighted by atomic mass is 16.5. The highest BCUT2D eigenvalue weighted by Gasteiger charge is 2.42. The van der Waals surface area contributed by atoms with Crippen LogP contribution in [-0.2, 0) is 16.0 Å². The molecule has 5 rings (SSSR count). The van der Waals surface area contributed by atoms with Gasteiger partial charge in [-0.1, -0.05) is 0 Å². The van der Waals surface area contributed by atoms with E-state index in [0.717, 1.165) is 74.5 Å². The topological polar surface area (TPSA) is 99.0 Å². The second-order valence-electron chi connectivity index (χ2n) is 9.63. The van der Waals surface area contributed by atoms with Crippen molar-refractivity contribution in [2.24, 2.45) is 10.4 Å². The first-order valence-electron chi connectivity index (χ1n) is 11.1. The lowest BCUT2D eigenvalue weighted by Gasteiger charge is -2.26. The van der Waals surface area contributed by atoms with Crippen LogP contribution in [0.5, 0.6) is 5.75 Å². The summed E-state index contributed by atoms with van der Waals surface area (Å²) < 4.78 is 11.9. The summed E-state index contributed by atoms with van der Waals surface area (Å²) in [5.41, 5.74) is 2.86. The number of aliphatic imine (C=N–C) groups is 1. The molecule has 0 radical (unpaired) electrons. The molecule has 4 heterocycles. The van der Waals surface area contributed by atoms with Gasteiger partial charge in [0.15, 0.2) is 0 Å². The van der Waals surface area contributed by atoms with Crippen LogP contribution in [0, 0.1) is 10.8 Å². The number of carbonyl (C=O) groups excluding carboxylic acids is 1. The van der Waals surface area contributed by atoms with Gasteiger partial charge in [-0.2, -0.15) is 0 Å². The van der Waals surface area contributed by atoms with Crippen LogP contribution >= 0.6 is 0 Å². The molecule has 1 aromatic carbocycles. The molecule has 0 saturated carbocycles. The first-order valence-corrected chi connectivity index (χ1v) is 11.1. The Morgan fingerprint density at radius 3 is 2.94 bits per heavy atom. The van der Waals surface area contributed by atoms with Crippen molar-refractivity contribution in [2.75, 3.05) is 36.5 Å². The van der Waals surface area contributed by atoms with E-state index in [9.17, 15) is 4.79 Å². The van der Waals surface area contributed by atoms with Crippen LogP contribution in [0.3, 0.4) is 0 Å². The minimum atomic E-state index is -0.368. The normalized spacial score (nSPS) is 26.6. The zero-order chi connectivity index (χ0) is 22.3. The van der Waals surface area contributed by atoms with Crippen molar-refractivity contribution < 1.29 is 14.3 Å². The molecule has 4 aliphatic heterocycles. The van der Waals surface area contributed by atoms with Gasteiger partial charge in [-0.05, 0) is 38.8 Å². The second-order valence-corrected chi connectivity index (χ2v) is 9.63. The molecule has 4 aliphatic rings. The van der Waals surface area contributed by atoms with Gasteiger partial charge < -0.3 is 30.4 Å². The number of benzene rings is 1. The van der Waals surface area contributed by atoms with Gasteiger partial charge in [0.2, 0.25) is 0 Å². The predicted molar refractivity (Wildman–Crippen MR) is 125 cm³/mol. The fraction of sp³-hybridized carbons (Fsp3) is 0.458. The monoisotopic (exact) mass is 435 g/mol. The zero-order valence-corrected chi connectivity index (χ0v) is 18.5. The maximum Gasteiger partial charge on any atom is 0.261 e. The summed E-state index contributed by atoms with van der Waals surface area (Å²) in [5.74, 6) is 0.865. The van der Waals surface area contributed by atoms with E-state index < -0.39 is 0 Å². The zero-order valence-electron chi connectivity index (χ0n) is 18.5. The molecule has 32 heavy (non-hydrogen) atoms. The molecule has 8 heteroatoms. The predicted octanol–water partition coefficient (Wildman–Crippen LogP) is 3.00. The minimum absolute atomic E-state index is 0.177. The maximum absolute atomic E-state index is 13.2. The van der Waals surface area contributed by atoms with Gasteiger partial charge >= 0.3 is 0 Å². The summed E-state index contributed by atoms with van der Waals surface area (Å²) in [6.07, 6.45) is 8.97. The van der Waals surface area contributed by atoms with E-state index in [1.165, 1.54) is 0 Å². The largest absolute Gasteiger partial charge is 0.487 e. The Morgan fingerprint density at radius 2 is 2.22 bits per heavy atom. The van der Waals surface area contributed by atoms with Gasteiger partial charge in [0.1, 0.15) is 17.2 Å². The Balaban J connectivity index is 1.48. The van der Waals surface area contributed by atoms with E-state index in [1.807, 2.05) is 6.07 Å². The van der Waals surface area contributed by atoms with Crippen LogP contribution in [0.25, 0.3) is 0 Å². The van der Waals surface area contributed by atoms with Crippen LogP contribution in [0.15, 0.2) is 40.8 Å². The molecule has 2 saturated heterocycles. The third-order valence-electron chi connectivity index (χ3n) is 6.64. The first kappa shape index (κ1) is 20.8. The number of amides is 1. The SMILES string of the molecule is CC1(C)Cc2cc(NC(=O)/C(C=N)=C3\N=CC=CN3)c(N3CC[C@]4(CCOC4)C3)cc2O1. The number of anilines is 2. The van der Waals surface area contributed by atoms with Crippen molar-refractivity contribution in [3.63, 3.8) is 0 Å². The lowest BCUT2D eigenvalue weighted by molar-refractivity contribution is -0.112. The number of nitrogens with zero attached hydrogens (tertiary/aromatic N) is 2. The molecule has 0 unspecified atom stereocenters. The van der Waals surface area contributed by atoms with Gasteiger partial charge in [0.25, 0.3) is 5.91 Å². The van der Waals surface area contributed by atoms with E-state index in [2.05, 4.69) is 40.4 Å². The number of allylic oxidation sites excluding steroid dienone is 1. The number of hydrogen-bond donors (Lipinski definition) is 3. The first-order chi connectivity index (χ1) is 15.4. The Morgan fingerprint density at radius 1 is 1.34 bits per heavy atom. The van der Waals surface area contributed by atoms with Gasteiger partial charge in [0.05, 0.1) is 23.6 Å². The Labute approximate surface area is 187 Å². The third kappa shape index (κ3) is 3.79. The van der Waals surface area contributed by atoms with Crippen LogP contribution in [0.1, 0.15) is 32.3 Å². The summed E-state index contributed by atoms with van der Waals surface area (Å²) in [7, 11) is 0. The van der Waals surface area contributed by atoms with Gasteiger partial charge in [0, 0.05) is 61.8 Å². The summed E-state index contributed by atoms with van der Waals surface area (Å²) in [5, 5.41) is 13.8. The molecular formula is C24H29N5O3. The molecule has 8 nitrogen and oxygen atoms in total. The number of carbonyl (C=O) groups is 1. The van der Waals surface area contributed by atoms with Crippen molar-refractivity contribution in [1.82, 2.24) is 5.32 Å². The number of hydrogen-bond acceptors (Lipinski definition) is 7. The van der Waals surface area contributed by atoms with E-state index in [0.29, 0.717) is 5.82 Å². The molecule has 2 fully saturated rings. The average Bonchev–Trinajstić information content (AvgIpc) is 3.47. The second kappa shape index (κ2) is 7.78. The molecule has 1 amide bonds. The lowest BCUT2D eigenvalue weighted by Crippen LogP contribution is -2.28. The van der Waals surface area contributed by atoms with Crippen LogP contribution < -0.4 is 20.3 Å². The van der Waals surface area contributed by atoms with Crippen LogP contribution in [0.2, 0.25) is 0 Å². The van der Waals surface area contributed by atoms with Crippen molar-refractivity contribution in [2.45, 2.75) is 38.7 Å². The van der Waals surface area contributed by atoms with Crippen molar-refractivity contribution in [3.05, 3.63) is 41.4 Å². The average molecular weight is 436 g/mol. The molecule has 168 valence electrons. The Kier molecular flexibility index (Phi) is 5.04. The number of nitrogens with one attached hydrogen (secondary N) is 3. The van der Waals surface area contributed by atoms with Crippen LogP contribution in [0.4, 0.5) is 11.4 Å². The molecule has 1 spiro atoms. The summed E-state index contributed by atoms with van der Waals surface area (Å²) in [6, 6.07) is 4.09. The Bertz CT molecular complexity index is 1050. The smallest absolute Gasteiger partial charge is 0.261 e. The molecule has 1 atom stereocenters. The highest BCUT2D eigenvalue weighted by molar-refractivity contribution is 6.18. The van der Waals surface area contributed by atoms with Gasteiger partial charge in [-0.3, -0.25) is 4.79 Å². The summed E-state index contributed by atoms with van der Waals surface area (Å²) >= 11 is 0. The third-order valence-corrected chi connectivity index (χ3v) is 6.64. The molecule has 0 bridgehead atoms. The fourth-order valence-electron chi connectivity index (χ4n) is 5.02. The fourth-order valence-corrected chi connectivity index (χ4v) is 5.02. The van der Waals surface area contributed by atoms with Gasteiger partial charge in [-0.25, -0.2) is 4.99 Å². The maximum atomic E-state index is 13.2. The standard InChI is InChI=1S/C24H29N5O3/c1-23(2)12-16-10-18(28-22(30)17(13-25)21-26-6-3-7-27-21)19(11-20(16)32-23)29-8-4-24(14-29)5-9-31-15-24/h3,6-7,10-11,13,25-26H,4-5,8-9,12,14-15H2,1-2H3,(H,28,30)/b21-17-,25-13?/t24-/m0/s1. The van der Waals surface area contributed by atoms with E-state index in [4.69, 9.17) is 14.9 Å². The highest BCUT2D eigenvalue weighted by Crippen LogP contribution is 2.46. The quantitative estimate of drug-likeness (QED) is 0.499. The molecule has 0 aliphatic carbocycles. The van der Waals surface area contributed by atoms with Crippen LogP contribution in [-0.4, -0.2) is 50.2 Å².